The van der Waals surface area contributed by atoms with E-state index in [1.807, 2.05) is 0 Å². The van der Waals surface area contributed by atoms with Crippen molar-refractivity contribution >= 4 is 11.6 Å². The second kappa shape index (κ2) is 6.22. The van der Waals surface area contributed by atoms with E-state index in [0.29, 0.717) is 42.4 Å². The number of carbonyl (C=O) groups is 1. The molecule has 0 saturated carbocycles. The summed E-state index contributed by atoms with van der Waals surface area (Å²) >= 11 is 0. The van der Waals surface area contributed by atoms with Gasteiger partial charge in [0.1, 0.15) is 5.82 Å². The molecule has 1 aromatic rings. The molecule has 1 aliphatic rings. The smallest absolute Gasteiger partial charge is 0.254 e. The van der Waals surface area contributed by atoms with Crippen molar-refractivity contribution < 1.29 is 13.9 Å². The maximum Gasteiger partial charge on any atom is 0.254 e. The summed E-state index contributed by atoms with van der Waals surface area (Å²) in [4.78, 5) is 14.2. The molecule has 2 N–H and O–H groups in total. The van der Waals surface area contributed by atoms with Crippen molar-refractivity contribution in [2.45, 2.75) is 19.8 Å². The summed E-state index contributed by atoms with van der Waals surface area (Å²) in [7, 11) is 1.66. The lowest BCUT2D eigenvalue weighted by Crippen LogP contribution is -2.41. The van der Waals surface area contributed by atoms with Gasteiger partial charge in [0.25, 0.3) is 5.91 Å². The van der Waals surface area contributed by atoms with Crippen molar-refractivity contribution in [3.05, 3.63) is 29.1 Å². The van der Waals surface area contributed by atoms with Crippen LogP contribution in [-0.4, -0.2) is 37.6 Å². The average molecular weight is 280 g/mol. The number of anilines is 1. The quantitative estimate of drug-likeness (QED) is 0.864. The normalized spacial score (nSPS) is 19.1. The number of piperidine rings is 1. The van der Waals surface area contributed by atoms with E-state index in [9.17, 15) is 9.18 Å². The molecule has 1 aliphatic heterocycles. The van der Waals surface area contributed by atoms with Crippen LogP contribution in [0.5, 0.6) is 0 Å². The van der Waals surface area contributed by atoms with Gasteiger partial charge < -0.3 is 15.4 Å². The molecule has 0 spiro atoms. The summed E-state index contributed by atoms with van der Waals surface area (Å²) in [6.45, 7) is 3.61. The van der Waals surface area contributed by atoms with Gasteiger partial charge in [0, 0.05) is 37.0 Å². The van der Waals surface area contributed by atoms with Crippen molar-refractivity contribution in [1.82, 2.24) is 4.90 Å². The number of halogens is 1. The Morgan fingerprint density at radius 1 is 1.55 bits per heavy atom. The first-order valence-corrected chi connectivity index (χ1v) is 6.86. The number of amides is 1. The Morgan fingerprint density at radius 3 is 2.95 bits per heavy atom. The summed E-state index contributed by atoms with van der Waals surface area (Å²) in [6, 6.07) is 2.83. The number of carbonyl (C=O) groups excluding carboxylic acids is 1. The van der Waals surface area contributed by atoms with Crippen LogP contribution in [0.3, 0.4) is 0 Å². The first-order valence-electron chi connectivity index (χ1n) is 6.86. The Bertz CT molecular complexity index is 480. The Morgan fingerprint density at radius 2 is 2.30 bits per heavy atom. The van der Waals surface area contributed by atoms with Crippen molar-refractivity contribution in [3.8, 4) is 0 Å². The predicted octanol–water partition coefficient (Wildman–Crippen LogP) is 2.21. The number of nitrogen functional groups attached to an aromatic ring is 1. The van der Waals surface area contributed by atoms with Crippen molar-refractivity contribution in [2.75, 3.05) is 32.5 Å². The summed E-state index contributed by atoms with van der Waals surface area (Å²) in [5.41, 5.74) is 6.76. The Labute approximate surface area is 118 Å². The maximum absolute atomic E-state index is 13.7. The van der Waals surface area contributed by atoms with Gasteiger partial charge in [0.05, 0.1) is 6.61 Å². The highest BCUT2D eigenvalue weighted by atomic mass is 19.1. The fourth-order valence-corrected chi connectivity index (χ4v) is 2.63. The molecule has 1 atom stereocenters. The molecule has 0 aromatic heterocycles. The van der Waals surface area contributed by atoms with Gasteiger partial charge in [-0.1, -0.05) is 0 Å². The molecule has 1 heterocycles. The highest BCUT2D eigenvalue weighted by Gasteiger charge is 2.25. The van der Waals surface area contributed by atoms with Gasteiger partial charge >= 0.3 is 0 Å². The van der Waals surface area contributed by atoms with E-state index < -0.39 is 5.82 Å². The summed E-state index contributed by atoms with van der Waals surface area (Å²) in [6.07, 6.45) is 2.01. The lowest BCUT2D eigenvalue weighted by molar-refractivity contribution is 0.0570. The minimum Gasteiger partial charge on any atom is -0.398 e. The van der Waals surface area contributed by atoms with Gasteiger partial charge in [-0.3, -0.25) is 4.79 Å². The van der Waals surface area contributed by atoms with Crippen molar-refractivity contribution in [2.24, 2.45) is 5.92 Å². The van der Waals surface area contributed by atoms with Crippen LogP contribution in [0.2, 0.25) is 0 Å². The molecule has 110 valence electrons. The van der Waals surface area contributed by atoms with Gasteiger partial charge in [0.15, 0.2) is 0 Å². The van der Waals surface area contributed by atoms with Crippen LogP contribution < -0.4 is 5.73 Å². The van der Waals surface area contributed by atoms with E-state index >= 15 is 0 Å². The van der Waals surface area contributed by atoms with Crippen LogP contribution in [0.1, 0.15) is 28.8 Å². The summed E-state index contributed by atoms with van der Waals surface area (Å²) < 4.78 is 18.8. The molecule has 1 unspecified atom stereocenters. The monoisotopic (exact) mass is 280 g/mol. The topological polar surface area (TPSA) is 55.6 Å². The molecular weight excluding hydrogens is 259 g/mol. The van der Waals surface area contributed by atoms with E-state index in [1.165, 1.54) is 6.07 Å². The molecule has 1 saturated heterocycles. The minimum atomic E-state index is -0.432. The lowest BCUT2D eigenvalue weighted by Gasteiger charge is -2.32. The molecule has 4 nitrogen and oxygen atoms in total. The van der Waals surface area contributed by atoms with E-state index in [0.717, 1.165) is 12.8 Å². The SMILES string of the molecule is COCC1CCCN(C(=O)c2cc(N)c(C)c(F)c2)C1. The van der Waals surface area contributed by atoms with Crippen molar-refractivity contribution in [3.63, 3.8) is 0 Å². The number of nitrogens with zero attached hydrogens (tertiary/aromatic N) is 1. The number of benzene rings is 1. The van der Waals surface area contributed by atoms with Crippen LogP contribution in [0, 0.1) is 18.7 Å². The van der Waals surface area contributed by atoms with E-state index in [1.54, 1.807) is 25.0 Å². The summed E-state index contributed by atoms with van der Waals surface area (Å²) in [5.74, 6) is -0.236. The standard InChI is InChI=1S/C15H21FN2O2/c1-10-13(16)6-12(7-14(10)17)15(19)18-5-3-4-11(8-18)9-20-2/h6-7,11H,3-5,8-9,17H2,1-2H3. The van der Waals surface area contributed by atoms with Gasteiger partial charge in [-0.05, 0) is 37.8 Å². The zero-order chi connectivity index (χ0) is 14.7. The van der Waals surface area contributed by atoms with Gasteiger partial charge in [-0.15, -0.1) is 0 Å². The third-order valence-corrected chi connectivity index (χ3v) is 3.84. The number of likely N-dealkylation sites (tertiary alicyclic amines) is 1. The number of hydrogen-bond donors (Lipinski definition) is 1. The largest absolute Gasteiger partial charge is 0.398 e. The van der Waals surface area contributed by atoms with Gasteiger partial charge in [-0.2, -0.15) is 0 Å². The molecular formula is C15H21FN2O2. The third kappa shape index (κ3) is 3.10. The van der Waals surface area contributed by atoms with Crippen LogP contribution >= 0.6 is 0 Å². The molecule has 1 aromatic carbocycles. The first-order chi connectivity index (χ1) is 9.52. The Hall–Kier alpha value is -1.62. The molecule has 1 amide bonds. The lowest BCUT2D eigenvalue weighted by atomic mass is 9.98. The Kier molecular flexibility index (Phi) is 4.60. The second-order valence-electron chi connectivity index (χ2n) is 5.39. The minimum absolute atomic E-state index is 0.156. The van der Waals surface area contributed by atoms with Crippen LogP contribution in [0.4, 0.5) is 10.1 Å². The fourth-order valence-electron chi connectivity index (χ4n) is 2.63. The van der Waals surface area contributed by atoms with Crippen molar-refractivity contribution in [1.29, 1.82) is 0 Å². The zero-order valence-corrected chi connectivity index (χ0v) is 12.0. The van der Waals surface area contributed by atoms with E-state index in [4.69, 9.17) is 10.5 Å². The fraction of sp³-hybridized carbons (Fsp3) is 0.533. The Balaban J connectivity index is 2.14. The molecule has 0 aliphatic carbocycles. The number of methoxy groups -OCH3 is 1. The highest BCUT2D eigenvalue weighted by molar-refractivity contribution is 5.95. The highest BCUT2D eigenvalue weighted by Crippen LogP contribution is 2.22. The molecule has 1 fully saturated rings. The molecule has 5 heteroatoms. The maximum atomic E-state index is 13.7. The average Bonchev–Trinajstić information content (AvgIpc) is 2.44. The number of rotatable bonds is 3. The van der Waals surface area contributed by atoms with E-state index in [-0.39, 0.29) is 5.91 Å². The number of nitrogens with two attached hydrogens (primary N) is 1. The van der Waals surface area contributed by atoms with Gasteiger partial charge in [-0.25, -0.2) is 4.39 Å². The number of ether oxygens (including phenoxy) is 1. The third-order valence-electron chi connectivity index (χ3n) is 3.84. The molecule has 0 bridgehead atoms. The predicted molar refractivity (Wildman–Crippen MR) is 76.1 cm³/mol. The summed E-state index contributed by atoms with van der Waals surface area (Å²) in [5, 5.41) is 0. The van der Waals surface area contributed by atoms with Crippen LogP contribution in [0.15, 0.2) is 12.1 Å². The van der Waals surface area contributed by atoms with E-state index in [2.05, 4.69) is 0 Å². The van der Waals surface area contributed by atoms with Gasteiger partial charge in [0.2, 0.25) is 0 Å². The number of hydrogen-bond acceptors (Lipinski definition) is 3. The molecule has 2 rings (SSSR count). The molecule has 0 radical (unpaired) electrons. The van der Waals surface area contributed by atoms with Crippen LogP contribution in [0.25, 0.3) is 0 Å². The first kappa shape index (κ1) is 14.8. The molecule has 20 heavy (non-hydrogen) atoms. The second-order valence-corrected chi connectivity index (χ2v) is 5.39. The zero-order valence-electron chi connectivity index (χ0n) is 12.0. The van der Waals surface area contributed by atoms with Crippen LogP contribution in [-0.2, 0) is 4.74 Å².